The minimum absolute atomic E-state index is 0.119. The van der Waals surface area contributed by atoms with E-state index in [-0.39, 0.29) is 16.4 Å². The van der Waals surface area contributed by atoms with Crippen LogP contribution in [0.3, 0.4) is 0 Å². The number of ketones is 1. The zero-order valence-electron chi connectivity index (χ0n) is 16.7. The summed E-state index contributed by atoms with van der Waals surface area (Å²) in [6.45, 7) is 1.89. The van der Waals surface area contributed by atoms with Crippen molar-refractivity contribution in [2.45, 2.75) is 17.4 Å². The Morgan fingerprint density at radius 2 is 1.58 bits per heavy atom. The van der Waals surface area contributed by atoms with E-state index in [0.29, 0.717) is 22.0 Å². The first kappa shape index (κ1) is 19.5. The highest BCUT2D eigenvalue weighted by Gasteiger charge is 2.40. The summed E-state index contributed by atoms with van der Waals surface area (Å²) in [5.41, 5.74) is 0.460. The molecule has 0 bridgehead atoms. The van der Waals surface area contributed by atoms with Crippen molar-refractivity contribution in [1.29, 1.82) is 0 Å². The van der Waals surface area contributed by atoms with Crippen molar-refractivity contribution in [2.24, 2.45) is 0 Å². The molecule has 0 radical (unpaired) electrons. The molecule has 1 N–H and O–H groups in total. The molecule has 1 unspecified atom stereocenters. The molecule has 1 aromatic heterocycles. The van der Waals surface area contributed by atoms with Crippen LogP contribution in [0.4, 0.5) is 0 Å². The molecule has 6 heteroatoms. The van der Waals surface area contributed by atoms with Crippen LogP contribution in [0.25, 0.3) is 10.9 Å². The molecular formula is C25H19NO4S. The zero-order valence-corrected chi connectivity index (χ0v) is 17.5. The third-order valence-corrected chi connectivity index (χ3v) is 7.44. The van der Waals surface area contributed by atoms with E-state index in [1.165, 1.54) is 16.1 Å². The van der Waals surface area contributed by atoms with Gasteiger partial charge in [0.2, 0.25) is 0 Å². The van der Waals surface area contributed by atoms with E-state index in [1.54, 1.807) is 72.8 Å². The Kier molecular flexibility index (Phi) is 4.25. The Morgan fingerprint density at radius 3 is 2.35 bits per heavy atom. The van der Waals surface area contributed by atoms with Crippen molar-refractivity contribution in [3.05, 3.63) is 113 Å². The Hall–Kier alpha value is -3.48. The van der Waals surface area contributed by atoms with Crippen LogP contribution in [0.1, 0.15) is 27.2 Å². The van der Waals surface area contributed by atoms with Crippen LogP contribution in [0.5, 0.6) is 0 Å². The second-order valence-electron chi connectivity index (χ2n) is 7.68. The van der Waals surface area contributed by atoms with Crippen molar-refractivity contribution >= 4 is 26.7 Å². The maximum Gasteiger partial charge on any atom is 0.268 e. The SMILES string of the molecule is Cc1ccc(S(=O)(=O)n2c(C3(O)C=CC(=O)c4ccccc43)cc3ccccc32)cc1. The van der Waals surface area contributed by atoms with Gasteiger partial charge in [-0.2, -0.15) is 0 Å². The molecule has 0 saturated heterocycles. The highest BCUT2D eigenvalue weighted by Crippen LogP contribution is 2.40. The van der Waals surface area contributed by atoms with Crippen LogP contribution in [0, 0.1) is 6.92 Å². The molecule has 1 heterocycles. The lowest BCUT2D eigenvalue weighted by Gasteiger charge is -2.31. The number of carbonyl (C=O) groups is 1. The smallest absolute Gasteiger partial charge is 0.268 e. The number of hydrogen-bond acceptors (Lipinski definition) is 4. The van der Waals surface area contributed by atoms with E-state index in [2.05, 4.69) is 0 Å². The van der Waals surface area contributed by atoms with Crippen LogP contribution in [-0.4, -0.2) is 23.3 Å². The molecule has 5 rings (SSSR count). The fourth-order valence-corrected chi connectivity index (χ4v) is 5.67. The monoisotopic (exact) mass is 429 g/mol. The highest BCUT2D eigenvalue weighted by molar-refractivity contribution is 7.90. The van der Waals surface area contributed by atoms with E-state index in [4.69, 9.17) is 0 Å². The average molecular weight is 429 g/mol. The molecule has 1 aliphatic carbocycles. The lowest BCUT2D eigenvalue weighted by Crippen LogP contribution is -2.34. The molecule has 154 valence electrons. The number of hydrogen-bond donors (Lipinski definition) is 1. The largest absolute Gasteiger partial charge is 0.375 e. The van der Waals surface area contributed by atoms with E-state index < -0.39 is 15.6 Å². The number of fused-ring (bicyclic) bond motifs is 2. The third kappa shape index (κ3) is 2.87. The van der Waals surface area contributed by atoms with Gasteiger partial charge in [-0.15, -0.1) is 0 Å². The summed E-state index contributed by atoms with van der Waals surface area (Å²) in [7, 11) is -4.04. The third-order valence-electron chi connectivity index (χ3n) is 5.70. The topological polar surface area (TPSA) is 76.4 Å². The molecule has 0 aliphatic heterocycles. The van der Waals surface area contributed by atoms with Crippen molar-refractivity contribution in [2.75, 3.05) is 0 Å². The molecule has 1 atom stereocenters. The van der Waals surface area contributed by atoms with Gasteiger partial charge >= 0.3 is 0 Å². The van der Waals surface area contributed by atoms with E-state index >= 15 is 0 Å². The van der Waals surface area contributed by atoms with Crippen molar-refractivity contribution < 1.29 is 18.3 Å². The quantitative estimate of drug-likeness (QED) is 0.530. The molecule has 0 fully saturated rings. The molecule has 0 saturated carbocycles. The van der Waals surface area contributed by atoms with Crippen LogP contribution < -0.4 is 0 Å². The van der Waals surface area contributed by atoms with Gasteiger partial charge in [-0.05, 0) is 43.3 Å². The van der Waals surface area contributed by atoms with Crippen molar-refractivity contribution in [1.82, 2.24) is 3.97 Å². The number of aromatic nitrogens is 1. The number of aryl methyl sites for hydroxylation is 1. The number of allylic oxidation sites excluding steroid dienone is 1. The number of aliphatic hydroxyl groups is 1. The Labute approximate surface area is 179 Å². The van der Waals surface area contributed by atoms with Gasteiger partial charge in [0.15, 0.2) is 11.4 Å². The van der Waals surface area contributed by atoms with Gasteiger partial charge in [0, 0.05) is 16.5 Å². The molecule has 0 amide bonds. The van der Waals surface area contributed by atoms with Crippen LogP contribution >= 0.6 is 0 Å². The highest BCUT2D eigenvalue weighted by atomic mass is 32.2. The standard InChI is InChI=1S/C25H19NO4S/c1-17-10-12-19(13-11-17)31(29,30)26-22-9-5-2-6-18(22)16-24(26)25(28)15-14-23(27)20-7-3-4-8-21(20)25/h2-16,28H,1H3. The summed E-state index contributed by atoms with van der Waals surface area (Å²) in [6.07, 6.45) is 2.66. The summed E-state index contributed by atoms with van der Waals surface area (Å²) >= 11 is 0. The second-order valence-corrected chi connectivity index (χ2v) is 9.47. The summed E-state index contributed by atoms with van der Waals surface area (Å²) < 4.78 is 28.7. The predicted molar refractivity (Wildman–Crippen MR) is 119 cm³/mol. The van der Waals surface area contributed by atoms with Crippen LogP contribution in [0.2, 0.25) is 0 Å². The first-order valence-electron chi connectivity index (χ1n) is 9.81. The number of rotatable bonds is 3. The summed E-state index contributed by atoms with van der Waals surface area (Å²) in [5.74, 6) is -0.232. The lowest BCUT2D eigenvalue weighted by molar-refractivity contribution is 0.0981. The predicted octanol–water partition coefficient (Wildman–Crippen LogP) is 4.18. The first-order valence-corrected chi connectivity index (χ1v) is 11.2. The molecule has 0 spiro atoms. The van der Waals surface area contributed by atoms with Gasteiger partial charge < -0.3 is 5.11 Å². The molecule has 1 aliphatic rings. The molecule has 5 nitrogen and oxygen atoms in total. The van der Waals surface area contributed by atoms with E-state index in [0.717, 1.165) is 5.56 Å². The lowest BCUT2D eigenvalue weighted by atomic mass is 9.81. The van der Waals surface area contributed by atoms with Gasteiger partial charge in [0.25, 0.3) is 10.0 Å². The van der Waals surface area contributed by atoms with Crippen LogP contribution in [-0.2, 0) is 15.6 Å². The summed E-state index contributed by atoms with van der Waals surface area (Å²) in [4.78, 5) is 12.5. The summed E-state index contributed by atoms with van der Waals surface area (Å²) in [5, 5.41) is 12.5. The Bertz CT molecular complexity index is 1480. The number of nitrogens with zero attached hydrogens (tertiary/aromatic N) is 1. The van der Waals surface area contributed by atoms with Crippen LogP contribution in [0.15, 0.2) is 95.9 Å². The fourth-order valence-electron chi connectivity index (χ4n) is 4.10. The fraction of sp³-hybridized carbons (Fsp3) is 0.0800. The normalized spacial score (nSPS) is 18.3. The number of para-hydroxylation sites is 1. The Morgan fingerprint density at radius 1 is 0.903 bits per heavy atom. The maximum atomic E-state index is 13.8. The Balaban J connectivity index is 1.85. The van der Waals surface area contributed by atoms with Gasteiger partial charge in [-0.1, -0.05) is 60.2 Å². The number of carbonyl (C=O) groups excluding carboxylic acids is 1. The molecule has 3 aromatic carbocycles. The van der Waals surface area contributed by atoms with Gasteiger partial charge in [0.05, 0.1) is 16.1 Å². The second kappa shape index (κ2) is 6.77. The maximum absolute atomic E-state index is 13.8. The van der Waals surface area contributed by atoms with Gasteiger partial charge in [0.1, 0.15) is 0 Å². The molecule has 4 aromatic rings. The van der Waals surface area contributed by atoms with E-state index in [1.807, 2.05) is 13.0 Å². The van der Waals surface area contributed by atoms with Crippen molar-refractivity contribution in [3.63, 3.8) is 0 Å². The first-order chi connectivity index (χ1) is 14.8. The van der Waals surface area contributed by atoms with Gasteiger partial charge in [-0.25, -0.2) is 12.4 Å². The van der Waals surface area contributed by atoms with Gasteiger partial charge in [-0.3, -0.25) is 4.79 Å². The zero-order chi connectivity index (χ0) is 21.8. The minimum Gasteiger partial charge on any atom is -0.375 e. The van der Waals surface area contributed by atoms with Crippen molar-refractivity contribution in [3.8, 4) is 0 Å². The average Bonchev–Trinajstić information content (AvgIpc) is 3.18. The summed E-state index contributed by atoms with van der Waals surface area (Å²) in [6, 6.07) is 22.0. The molecule has 31 heavy (non-hydrogen) atoms. The number of benzene rings is 3. The minimum atomic E-state index is -4.04. The molecular weight excluding hydrogens is 410 g/mol. The van der Waals surface area contributed by atoms with E-state index in [9.17, 15) is 18.3 Å².